The van der Waals surface area contributed by atoms with Crippen LogP contribution in [0.25, 0.3) is 0 Å². The van der Waals surface area contributed by atoms with Gasteiger partial charge in [-0.05, 0) is 36.1 Å². The summed E-state index contributed by atoms with van der Waals surface area (Å²) in [7, 11) is 0. The zero-order chi connectivity index (χ0) is 14.4. The molecular formula is C18H21NO. The van der Waals surface area contributed by atoms with Gasteiger partial charge in [0, 0.05) is 24.2 Å². The van der Waals surface area contributed by atoms with Gasteiger partial charge in [0.2, 0.25) is 0 Å². The fourth-order valence-electron chi connectivity index (χ4n) is 2.51. The van der Waals surface area contributed by atoms with Gasteiger partial charge in [-0.15, -0.1) is 0 Å². The van der Waals surface area contributed by atoms with Crippen molar-refractivity contribution < 1.29 is 4.79 Å². The number of nitrogens with zero attached hydrogens (tertiary/aromatic N) is 1. The number of ketones is 1. The summed E-state index contributed by atoms with van der Waals surface area (Å²) in [4.78, 5) is 16.7. The molecule has 1 aromatic carbocycles. The molecule has 1 aromatic heterocycles. The summed E-state index contributed by atoms with van der Waals surface area (Å²) >= 11 is 0. The molecule has 0 spiro atoms. The van der Waals surface area contributed by atoms with Crippen molar-refractivity contribution in [2.45, 2.75) is 32.6 Å². The van der Waals surface area contributed by atoms with Gasteiger partial charge in [-0.2, -0.15) is 0 Å². The van der Waals surface area contributed by atoms with Crippen LogP contribution < -0.4 is 0 Å². The van der Waals surface area contributed by atoms with Crippen molar-refractivity contribution in [2.24, 2.45) is 5.92 Å². The van der Waals surface area contributed by atoms with Crippen LogP contribution in [0, 0.1) is 5.92 Å². The molecule has 0 radical (unpaired) electrons. The second-order valence-electron chi connectivity index (χ2n) is 5.20. The first-order valence-electron chi connectivity index (χ1n) is 7.20. The van der Waals surface area contributed by atoms with Crippen LogP contribution in [0.1, 0.15) is 37.3 Å². The molecule has 2 nitrogen and oxygen atoms in total. The SMILES string of the molecule is CCC(Cc1ccncc1)C(=O)C(C)c1ccccc1. The van der Waals surface area contributed by atoms with Crippen molar-refractivity contribution in [1.29, 1.82) is 0 Å². The van der Waals surface area contributed by atoms with Crippen LogP contribution in [0.4, 0.5) is 0 Å². The molecule has 0 saturated heterocycles. The number of hydrogen-bond acceptors (Lipinski definition) is 2. The lowest BCUT2D eigenvalue weighted by atomic mass is 9.84. The third kappa shape index (κ3) is 3.53. The molecule has 20 heavy (non-hydrogen) atoms. The lowest BCUT2D eigenvalue weighted by molar-refractivity contribution is -0.124. The first-order valence-corrected chi connectivity index (χ1v) is 7.20. The van der Waals surface area contributed by atoms with Crippen LogP contribution in [0.5, 0.6) is 0 Å². The Labute approximate surface area is 120 Å². The van der Waals surface area contributed by atoms with Crippen molar-refractivity contribution in [1.82, 2.24) is 4.98 Å². The van der Waals surface area contributed by atoms with E-state index in [1.807, 2.05) is 49.4 Å². The van der Waals surface area contributed by atoms with E-state index in [0.29, 0.717) is 5.78 Å². The average molecular weight is 267 g/mol. The minimum absolute atomic E-state index is 0.0389. The minimum Gasteiger partial charge on any atom is -0.299 e. The van der Waals surface area contributed by atoms with Crippen LogP contribution in [-0.4, -0.2) is 10.8 Å². The largest absolute Gasteiger partial charge is 0.299 e. The van der Waals surface area contributed by atoms with E-state index in [1.54, 1.807) is 12.4 Å². The zero-order valence-electron chi connectivity index (χ0n) is 12.1. The summed E-state index contributed by atoms with van der Waals surface area (Å²) in [5.74, 6) is 0.367. The highest BCUT2D eigenvalue weighted by Crippen LogP contribution is 2.23. The van der Waals surface area contributed by atoms with Gasteiger partial charge in [-0.3, -0.25) is 9.78 Å². The molecule has 104 valence electrons. The molecule has 0 bridgehead atoms. The van der Waals surface area contributed by atoms with Gasteiger partial charge >= 0.3 is 0 Å². The smallest absolute Gasteiger partial charge is 0.143 e. The van der Waals surface area contributed by atoms with E-state index < -0.39 is 0 Å². The highest BCUT2D eigenvalue weighted by molar-refractivity contribution is 5.87. The maximum Gasteiger partial charge on any atom is 0.143 e. The predicted octanol–water partition coefficient (Wildman–Crippen LogP) is 4.02. The van der Waals surface area contributed by atoms with E-state index in [0.717, 1.165) is 18.4 Å². The van der Waals surface area contributed by atoms with Gasteiger partial charge in [-0.1, -0.05) is 44.2 Å². The quantitative estimate of drug-likeness (QED) is 0.791. The van der Waals surface area contributed by atoms with Gasteiger partial charge in [-0.25, -0.2) is 0 Å². The van der Waals surface area contributed by atoms with Crippen LogP contribution >= 0.6 is 0 Å². The Hall–Kier alpha value is -1.96. The normalized spacial score (nSPS) is 13.7. The predicted molar refractivity (Wildman–Crippen MR) is 81.6 cm³/mol. The van der Waals surface area contributed by atoms with Crippen LogP contribution in [0.2, 0.25) is 0 Å². The average Bonchev–Trinajstić information content (AvgIpc) is 2.53. The maximum atomic E-state index is 12.7. The molecule has 0 saturated carbocycles. The van der Waals surface area contributed by atoms with Crippen molar-refractivity contribution in [3.63, 3.8) is 0 Å². The van der Waals surface area contributed by atoms with Gasteiger partial charge in [0.1, 0.15) is 5.78 Å². The molecule has 2 aromatic rings. The Kier molecular flexibility index (Phi) is 5.05. The molecule has 0 aliphatic carbocycles. The number of rotatable bonds is 6. The van der Waals surface area contributed by atoms with Crippen molar-refractivity contribution in [2.75, 3.05) is 0 Å². The first-order chi connectivity index (χ1) is 9.72. The lowest BCUT2D eigenvalue weighted by Gasteiger charge is -2.19. The Morgan fingerprint density at radius 2 is 1.75 bits per heavy atom. The summed E-state index contributed by atoms with van der Waals surface area (Å²) in [6.07, 6.45) is 5.24. The molecule has 2 unspecified atom stereocenters. The van der Waals surface area contributed by atoms with E-state index in [1.165, 1.54) is 5.56 Å². The van der Waals surface area contributed by atoms with Gasteiger partial charge in [0.15, 0.2) is 0 Å². The minimum atomic E-state index is -0.0389. The number of hydrogen-bond donors (Lipinski definition) is 0. The van der Waals surface area contributed by atoms with Gasteiger partial charge in [0.05, 0.1) is 0 Å². The van der Waals surface area contributed by atoms with E-state index in [-0.39, 0.29) is 11.8 Å². The molecule has 0 aliphatic heterocycles. The maximum absolute atomic E-state index is 12.7. The number of benzene rings is 1. The van der Waals surface area contributed by atoms with E-state index in [4.69, 9.17) is 0 Å². The number of aromatic nitrogens is 1. The summed E-state index contributed by atoms with van der Waals surface area (Å²) in [5, 5.41) is 0. The summed E-state index contributed by atoms with van der Waals surface area (Å²) < 4.78 is 0. The lowest BCUT2D eigenvalue weighted by Crippen LogP contribution is -2.22. The fraction of sp³-hybridized carbons (Fsp3) is 0.333. The molecule has 0 aliphatic rings. The highest BCUT2D eigenvalue weighted by Gasteiger charge is 2.23. The molecule has 0 N–H and O–H groups in total. The van der Waals surface area contributed by atoms with Crippen LogP contribution in [0.3, 0.4) is 0 Å². The van der Waals surface area contributed by atoms with E-state index in [9.17, 15) is 4.79 Å². The highest BCUT2D eigenvalue weighted by atomic mass is 16.1. The molecule has 0 fully saturated rings. The number of carbonyl (C=O) groups is 1. The standard InChI is InChI=1S/C18H21NO/c1-3-16(13-15-9-11-19-12-10-15)18(20)14(2)17-7-5-4-6-8-17/h4-12,14,16H,3,13H2,1-2H3. The molecule has 1 heterocycles. The van der Waals surface area contributed by atoms with Crippen LogP contribution in [0.15, 0.2) is 54.9 Å². The molecule has 0 amide bonds. The number of carbonyl (C=O) groups excluding carboxylic acids is 1. The number of pyridine rings is 1. The number of Topliss-reactive ketones (excluding diaryl/α,β-unsaturated/α-hetero) is 1. The third-order valence-corrected chi connectivity index (χ3v) is 3.85. The Morgan fingerprint density at radius 3 is 2.35 bits per heavy atom. The summed E-state index contributed by atoms with van der Waals surface area (Å²) in [6.45, 7) is 4.09. The monoisotopic (exact) mass is 267 g/mol. The van der Waals surface area contributed by atoms with Crippen molar-refractivity contribution >= 4 is 5.78 Å². The summed E-state index contributed by atoms with van der Waals surface area (Å²) in [5.41, 5.74) is 2.28. The molecular weight excluding hydrogens is 246 g/mol. The Balaban J connectivity index is 2.09. The second kappa shape index (κ2) is 6.99. The van der Waals surface area contributed by atoms with E-state index in [2.05, 4.69) is 11.9 Å². The van der Waals surface area contributed by atoms with Gasteiger partial charge < -0.3 is 0 Å². The second-order valence-corrected chi connectivity index (χ2v) is 5.20. The van der Waals surface area contributed by atoms with E-state index >= 15 is 0 Å². The third-order valence-electron chi connectivity index (χ3n) is 3.85. The molecule has 2 atom stereocenters. The van der Waals surface area contributed by atoms with Crippen molar-refractivity contribution in [3.8, 4) is 0 Å². The first kappa shape index (κ1) is 14.4. The zero-order valence-corrected chi connectivity index (χ0v) is 12.1. The topological polar surface area (TPSA) is 30.0 Å². The molecule has 2 rings (SSSR count). The fourth-order valence-corrected chi connectivity index (χ4v) is 2.51. The summed E-state index contributed by atoms with van der Waals surface area (Å²) in [6, 6.07) is 14.0. The van der Waals surface area contributed by atoms with Crippen molar-refractivity contribution in [3.05, 3.63) is 66.0 Å². The van der Waals surface area contributed by atoms with Crippen LogP contribution in [-0.2, 0) is 11.2 Å². The Bertz CT molecular complexity index is 536. The molecule has 2 heteroatoms. The Morgan fingerprint density at radius 1 is 1.10 bits per heavy atom. The van der Waals surface area contributed by atoms with Gasteiger partial charge in [0.25, 0.3) is 0 Å².